The van der Waals surface area contributed by atoms with Gasteiger partial charge in [-0.15, -0.1) is 0 Å². The van der Waals surface area contributed by atoms with Gasteiger partial charge in [-0.3, -0.25) is 9.59 Å². The van der Waals surface area contributed by atoms with Crippen molar-refractivity contribution in [1.82, 2.24) is 4.90 Å². The summed E-state index contributed by atoms with van der Waals surface area (Å²) < 4.78 is 5.28. The van der Waals surface area contributed by atoms with Crippen LogP contribution in [0.3, 0.4) is 0 Å². The van der Waals surface area contributed by atoms with Gasteiger partial charge in [-0.05, 0) is 85.3 Å². The standard InChI is InChI=1S/C33H37Cl2N3O3/c1-32(25-11-12-27(34)28(35)21-25,22-29(36)30(39)20-23-7-6-10-26(19-23)41-2)13-16-38-17-14-33(15-18-38,31(37)40)24-8-4-3-5-9-24/h3-12,19,21,36H,13-18,20,22H2,1-2H3,(H2,37,40). The van der Waals surface area contributed by atoms with E-state index in [1.165, 1.54) is 0 Å². The molecule has 1 atom stereocenters. The molecule has 0 bridgehead atoms. The molecular formula is C33H37Cl2N3O3. The Balaban J connectivity index is 1.48. The lowest BCUT2D eigenvalue weighted by molar-refractivity contribution is -0.125. The van der Waals surface area contributed by atoms with Crippen molar-refractivity contribution in [3.8, 4) is 5.75 Å². The lowest BCUT2D eigenvalue weighted by Gasteiger charge is -2.41. The van der Waals surface area contributed by atoms with Crippen molar-refractivity contribution >= 4 is 40.6 Å². The van der Waals surface area contributed by atoms with Crippen molar-refractivity contribution in [3.05, 3.63) is 99.5 Å². The number of carbonyl (C=O) groups is 2. The van der Waals surface area contributed by atoms with Crippen LogP contribution in [0.2, 0.25) is 10.0 Å². The predicted molar refractivity (Wildman–Crippen MR) is 165 cm³/mol. The molecule has 1 amide bonds. The molecule has 41 heavy (non-hydrogen) atoms. The van der Waals surface area contributed by atoms with E-state index in [1.54, 1.807) is 13.2 Å². The number of rotatable bonds is 12. The van der Waals surface area contributed by atoms with E-state index < -0.39 is 10.8 Å². The van der Waals surface area contributed by atoms with Gasteiger partial charge in [0.1, 0.15) is 5.75 Å². The maximum atomic E-state index is 13.2. The number of carbonyl (C=O) groups excluding carboxylic acids is 2. The van der Waals surface area contributed by atoms with Crippen molar-refractivity contribution in [1.29, 1.82) is 5.41 Å². The van der Waals surface area contributed by atoms with Crippen LogP contribution in [0.5, 0.6) is 5.75 Å². The monoisotopic (exact) mass is 593 g/mol. The number of hydrogen-bond acceptors (Lipinski definition) is 5. The maximum Gasteiger partial charge on any atom is 0.228 e. The van der Waals surface area contributed by atoms with Crippen molar-refractivity contribution in [2.24, 2.45) is 5.73 Å². The van der Waals surface area contributed by atoms with Crippen LogP contribution in [0.25, 0.3) is 0 Å². The van der Waals surface area contributed by atoms with Crippen molar-refractivity contribution in [3.63, 3.8) is 0 Å². The van der Waals surface area contributed by atoms with E-state index >= 15 is 0 Å². The summed E-state index contributed by atoms with van der Waals surface area (Å²) in [5.41, 5.74) is 7.50. The highest BCUT2D eigenvalue weighted by Crippen LogP contribution is 2.38. The van der Waals surface area contributed by atoms with Gasteiger partial charge in [0.2, 0.25) is 5.91 Å². The zero-order valence-electron chi connectivity index (χ0n) is 23.6. The van der Waals surface area contributed by atoms with E-state index in [1.807, 2.05) is 66.7 Å². The SMILES string of the molecule is COc1cccc(CC(=O)C(=N)CC(C)(CCN2CCC(C(N)=O)(c3ccccc3)CC2)c2ccc(Cl)c(Cl)c2)c1. The number of likely N-dealkylation sites (tertiary alicyclic amines) is 1. The first-order chi connectivity index (χ1) is 19.6. The van der Waals surface area contributed by atoms with E-state index in [4.69, 9.17) is 39.1 Å². The van der Waals surface area contributed by atoms with E-state index in [-0.39, 0.29) is 30.2 Å². The molecule has 8 heteroatoms. The average molecular weight is 595 g/mol. The number of methoxy groups -OCH3 is 1. The van der Waals surface area contributed by atoms with E-state index in [0.717, 1.165) is 36.3 Å². The minimum absolute atomic E-state index is 0.0665. The summed E-state index contributed by atoms with van der Waals surface area (Å²) in [7, 11) is 1.59. The number of hydrogen-bond donors (Lipinski definition) is 2. The zero-order valence-corrected chi connectivity index (χ0v) is 25.1. The predicted octanol–water partition coefficient (Wildman–Crippen LogP) is 6.39. The number of primary amides is 1. The van der Waals surface area contributed by atoms with Crippen molar-refractivity contribution < 1.29 is 14.3 Å². The molecule has 1 unspecified atom stereocenters. The molecule has 1 fully saturated rings. The molecule has 216 valence electrons. The van der Waals surface area contributed by atoms with E-state index in [2.05, 4.69) is 11.8 Å². The Morgan fingerprint density at radius 2 is 1.71 bits per heavy atom. The number of ether oxygens (including phenoxy) is 1. The second-order valence-corrected chi connectivity index (χ2v) is 12.0. The number of Topliss-reactive ketones (excluding diaryl/α,β-unsaturated/α-hetero) is 1. The Bertz CT molecular complexity index is 1400. The number of nitrogens with two attached hydrogens (primary N) is 1. The molecule has 1 aliphatic heterocycles. The van der Waals surface area contributed by atoms with Crippen LogP contribution in [0, 0.1) is 5.41 Å². The smallest absolute Gasteiger partial charge is 0.228 e. The molecule has 3 N–H and O–H groups in total. The van der Waals surface area contributed by atoms with Crippen LogP contribution >= 0.6 is 23.2 Å². The Morgan fingerprint density at radius 1 is 1.00 bits per heavy atom. The summed E-state index contributed by atoms with van der Waals surface area (Å²) in [4.78, 5) is 28.1. The molecule has 1 aliphatic rings. The third-order valence-corrected chi connectivity index (χ3v) is 9.25. The Hall–Kier alpha value is -3.19. The normalized spacial score (nSPS) is 16.5. The van der Waals surface area contributed by atoms with Gasteiger partial charge in [0.15, 0.2) is 5.78 Å². The van der Waals surface area contributed by atoms with Gasteiger partial charge < -0.3 is 20.8 Å². The Morgan fingerprint density at radius 3 is 2.34 bits per heavy atom. The number of nitrogens with one attached hydrogen (secondary N) is 1. The summed E-state index contributed by atoms with van der Waals surface area (Å²) in [6.07, 6.45) is 2.37. The van der Waals surface area contributed by atoms with Gasteiger partial charge in [-0.1, -0.05) is 78.7 Å². The van der Waals surface area contributed by atoms with E-state index in [9.17, 15) is 9.59 Å². The highest BCUT2D eigenvalue weighted by molar-refractivity contribution is 6.42. The van der Waals surface area contributed by atoms with Crippen LogP contribution in [0.15, 0.2) is 72.8 Å². The summed E-state index contributed by atoms with van der Waals surface area (Å²) in [6.45, 7) is 4.25. The lowest BCUT2D eigenvalue weighted by atomic mass is 9.71. The summed E-state index contributed by atoms with van der Waals surface area (Å²) in [5.74, 6) is 0.167. The Labute approximate surface area is 252 Å². The molecule has 0 aliphatic carbocycles. The number of ketones is 1. The molecule has 0 aromatic heterocycles. The first-order valence-electron chi connectivity index (χ1n) is 13.8. The number of piperidine rings is 1. The number of amides is 1. The fourth-order valence-electron chi connectivity index (χ4n) is 5.77. The average Bonchev–Trinajstić information content (AvgIpc) is 2.98. The maximum absolute atomic E-state index is 13.2. The van der Waals surface area contributed by atoms with Gasteiger partial charge in [-0.2, -0.15) is 0 Å². The highest BCUT2D eigenvalue weighted by Gasteiger charge is 2.42. The summed E-state index contributed by atoms with van der Waals surface area (Å²) >= 11 is 12.6. The largest absolute Gasteiger partial charge is 0.497 e. The Kier molecular flexibility index (Phi) is 9.90. The number of halogens is 2. The van der Waals surface area contributed by atoms with E-state index in [0.29, 0.717) is 35.1 Å². The molecule has 0 spiro atoms. The zero-order chi connectivity index (χ0) is 29.6. The van der Waals surface area contributed by atoms with Crippen LogP contribution in [0.1, 0.15) is 49.3 Å². The van der Waals surface area contributed by atoms with Gasteiger partial charge in [0.05, 0.1) is 28.3 Å². The summed E-state index contributed by atoms with van der Waals surface area (Å²) in [5, 5.41) is 9.66. The minimum Gasteiger partial charge on any atom is -0.497 e. The fraction of sp³-hybridized carbons (Fsp3) is 0.364. The van der Waals surface area contributed by atoms with Gasteiger partial charge in [0, 0.05) is 12.8 Å². The van der Waals surface area contributed by atoms with Crippen molar-refractivity contribution in [2.45, 2.75) is 49.9 Å². The number of benzene rings is 3. The highest BCUT2D eigenvalue weighted by atomic mass is 35.5. The molecule has 1 saturated heterocycles. The molecule has 1 heterocycles. The summed E-state index contributed by atoms with van der Waals surface area (Å²) in [6, 6.07) is 22.7. The van der Waals surface area contributed by atoms with Gasteiger partial charge >= 0.3 is 0 Å². The third-order valence-electron chi connectivity index (χ3n) is 8.51. The van der Waals surface area contributed by atoms with Gasteiger partial charge in [-0.25, -0.2) is 0 Å². The lowest BCUT2D eigenvalue weighted by Crippen LogP contribution is -2.50. The second-order valence-electron chi connectivity index (χ2n) is 11.2. The van der Waals surface area contributed by atoms with Crippen LogP contribution in [-0.2, 0) is 26.8 Å². The first-order valence-corrected chi connectivity index (χ1v) is 14.6. The molecule has 3 aromatic rings. The molecule has 0 saturated carbocycles. The minimum atomic E-state index is -0.667. The third kappa shape index (κ3) is 7.18. The van der Waals surface area contributed by atoms with Gasteiger partial charge in [0.25, 0.3) is 0 Å². The molecule has 4 rings (SSSR count). The molecule has 3 aromatic carbocycles. The van der Waals surface area contributed by atoms with Crippen molar-refractivity contribution in [2.75, 3.05) is 26.7 Å². The van der Waals surface area contributed by atoms with Crippen LogP contribution in [0.4, 0.5) is 0 Å². The fourth-order valence-corrected chi connectivity index (χ4v) is 6.07. The second kappa shape index (κ2) is 13.2. The molecule has 0 radical (unpaired) electrons. The van der Waals surface area contributed by atoms with Crippen LogP contribution in [-0.4, -0.2) is 49.0 Å². The molecular weight excluding hydrogens is 557 g/mol. The quantitative estimate of drug-likeness (QED) is 0.238. The number of nitrogens with zero attached hydrogens (tertiary/aromatic N) is 1. The first kappa shape index (κ1) is 30.8. The van der Waals surface area contributed by atoms with Crippen LogP contribution < -0.4 is 10.5 Å². The molecule has 6 nitrogen and oxygen atoms in total. The topological polar surface area (TPSA) is 96.5 Å².